The Labute approximate surface area is 101 Å². The number of esters is 1. The first kappa shape index (κ1) is 13.9. The van der Waals surface area contributed by atoms with Gasteiger partial charge in [-0.25, -0.2) is 9.18 Å². The number of alkyl halides is 3. The van der Waals surface area contributed by atoms with Crippen LogP contribution in [0.2, 0.25) is 0 Å². The maximum Gasteiger partial charge on any atom is 0.382 e. The van der Waals surface area contributed by atoms with E-state index in [2.05, 4.69) is 4.74 Å². The van der Waals surface area contributed by atoms with Crippen molar-refractivity contribution in [3.63, 3.8) is 0 Å². The molecule has 6 heteroatoms. The van der Waals surface area contributed by atoms with Gasteiger partial charge in [-0.1, -0.05) is 30.0 Å². The van der Waals surface area contributed by atoms with Crippen molar-refractivity contribution < 1.29 is 22.7 Å². The minimum absolute atomic E-state index is 0.211. The molecule has 1 rings (SSSR count). The molecule has 0 bridgehead atoms. The highest BCUT2D eigenvalue weighted by Gasteiger charge is 2.50. The summed E-state index contributed by atoms with van der Waals surface area (Å²) in [4.78, 5) is 11.2. The van der Waals surface area contributed by atoms with Crippen molar-refractivity contribution in [2.24, 2.45) is 0 Å². The van der Waals surface area contributed by atoms with Gasteiger partial charge in [-0.05, 0) is 19.1 Å². The summed E-state index contributed by atoms with van der Waals surface area (Å²) in [6.45, 7) is 1.17. The van der Waals surface area contributed by atoms with Crippen LogP contribution in [0.25, 0.3) is 0 Å². The molecule has 0 aliphatic carbocycles. The van der Waals surface area contributed by atoms with Crippen molar-refractivity contribution in [1.82, 2.24) is 0 Å². The smallest absolute Gasteiger partial charge is 0.382 e. The minimum atomic E-state index is -4.14. The maximum absolute atomic E-state index is 13.4. The van der Waals surface area contributed by atoms with Crippen LogP contribution >= 0.6 is 11.8 Å². The van der Waals surface area contributed by atoms with Gasteiger partial charge in [0.05, 0.1) is 6.61 Å². The van der Waals surface area contributed by atoms with Crippen molar-refractivity contribution in [2.45, 2.75) is 23.2 Å². The standard InChI is InChI=1S/C11H11F3O2S/c1-2-16-10(15)11(13,14)9(12)17-8-6-4-3-5-7-8/h3-7,9H,2H2,1H3. The highest BCUT2D eigenvalue weighted by atomic mass is 32.2. The summed E-state index contributed by atoms with van der Waals surface area (Å²) in [6, 6.07) is 7.84. The van der Waals surface area contributed by atoms with Crippen molar-refractivity contribution in [3.05, 3.63) is 30.3 Å². The van der Waals surface area contributed by atoms with Crippen LogP contribution in [0.4, 0.5) is 13.2 Å². The number of benzene rings is 1. The SMILES string of the molecule is CCOC(=O)C(F)(F)C(F)Sc1ccccc1. The highest BCUT2D eigenvalue weighted by molar-refractivity contribution is 7.99. The monoisotopic (exact) mass is 264 g/mol. The molecule has 0 heterocycles. The van der Waals surface area contributed by atoms with Gasteiger partial charge in [-0.3, -0.25) is 0 Å². The third-order valence-corrected chi connectivity index (χ3v) is 2.86. The van der Waals surface area contributed by atoms with Gasteiger partial charge in [-0.15, -0.1) is 0 Å². The van der Waals surface area contributed by atoms with Crippen molar-refractivity contribution in [2.75, 3.05) is 6.61 Å². The summed E-state index contributed by atoms with van der Waals surface area (Å²) in [7, 11) is 0. The Kier molecular flexibility index (Phi) is 4.86. The first-order valence-electron chi connectivity index (χ1n) is 4.89. The molecule has 0 amide bonds. The van der Waals surface area contributed by atoms with Crippen molar-refractivity contribution >= 4 is 17.7 Å². The second-order valence-electron chi connectivity index (χ2n) is 3.09. The zero-order valence-electron chi connectivity index (χ0n) is 9.03. The molecule has 1 aromatic carbocycles. The molecular weight excluding hydrogens is 253 g/mol. The molecule has 0 spiro atoms. The number of rotatable bonds is 5. The Morgan fingerprint density at radius 1 is 1.41 bits per heavy atom. The minimum Gasteiger partial charge on any atom is -0.461 e. The molecule has 0 saturated heterocycles. The number of ether oxygens (including phenoxy) is 1. The molecular formula is C11H11F3O2S. The average Bonchev–Trinajstić information content (AvgIpc) is 2.30. The zero-order chi connectivity index (χ0) is 12.9. The fourth-order valence-electron chi connectivity index (χ4n) is 1.01. The third kappa shape index (κ3) is 3.66. The lowest BCUT2D eigenvalue weighted by atomic mass is 10.4. The molecule has 1 unspecified atom stereocenters. The van der Waals surface area contributed by atoms with E-state index in [0.717, 1.165) is 0 Å². The van der Waals surface area contributed by atoms with E-state index in [1.165, 1.54) is 19.1 Å². The van der Waals surface area contributed by atoms with E-state index < -0.39 is 17.4 Å². The molecule has 0 aliphatic rings. The Bertz CT molecular complexity index is 370. The van der Waals surface area contributed by atoms with E-state index in [1.807, 2.05) is 0 Å². The van der Waals surface area contributed by atoms with Crippen LogP contribution in [-0.4, -0.2) is 24.0 Å². The molecule has 0 N–H and O–H groups in total. The van der Waals surface area contributed by atoms with Crippen LogP contribution in [0.5, 0.6) is 0 Å². The number of carbonyl (C=O) groups excluding carboxylic acids is 1. The van der Waals surface area contributed by atoms with E-state index >= 15 is 0 Å². The van der Waals surface area contributed by atoms with E-state index in [9.17, 15) is 18.0 Å². The second kappa shape index (κ2) is 5.95. The Hall–Kier alpha value is -1.17. The normalized spacial score (nSPS) is 13.2. The fraction of sp³-hybridized carbons (Fsp3) is 0.364. The average molecular weight is 264 g/mol. The van der Waals surface area contributed by atoms with Crippen LogP contribution in [0.1, 0.15) is 6.92 Å². The Morgan fingerprint density at radius 3 is 2.53 bits per heavy atom. The van der Waals surface area contributed by atoms with Crippen LogP contribution in [0, 0.1) is 0 Å². The molecule has 1 atom stereocenters. The van der Waals surface area contributed by atoms with Gasteiger partial charge in [0.25, 0.3) is 0 Å². The number of hydrogen-bond acceptors (Lipinski definition) is 3. The number of thioether (sulfide) groups is 1. The Balaban J connectivity index is 2.69. The van der Waals surface area contributed by atoms with Gasteiger partial charge in [0.15, 0.2) is 0 Å². The van der Waals surface area contributed by atoms with Gasteiger partial charge in [0.1, 0.15) is 0 Å². The first-order chi connectivity index (χ1) is 7.98. The second-order valence-corrected chi connectivity index (χ2v) is 4.21. The van der Waals surface area contributed by atoms with E-state index in [-0.39, 0.29) is 18.4 Å². The molecule has 0 radical (unpaired) electrons. The van der Waals surface area contributed by atoms with E-state index in [4.69, 9.17) is 0 Å². The summed E-state index contributed by atoms with van der Waals surface area (Å²) in [5.41, 5.74) is -2.66. The molecule has 17 heavy (non-hydrogen) atoms. The summed E-state index contributed by atoms with van der Waals surface area (Å²) in [6.07, 6.45) is 0. The number of halogens is 3. The molecule has 0 aromatic heterocycles. The summed E-state index contributed by atoms with van der Waals surface area (Å²) in [5, 5.41) is 0. The quantitative estimate of drug-likeness (QED) is 0.603. The highest BCUT2D eigenvalue weighted by Crippen LogP contribution is 2.35. The van der Waals surface area contributed by atoms with Gasteiger partial charge in [-0.2, -0.15) is 8.78 Å². The van der Waals surface area contributed by atoms with Crippen LogP contribution in [0.3, 0.4) is 0 Å². The lowest BCUT2D eigenvalue weighted by Crippen LogP contribution is -2.38. The van der Waals surface area contributed by atoms with Crippen LogP contribution in [0.15, 0.2) is 35.2 Å². The zero-order valence-corrected chi connectivity index (χ0v) is 9.85. The molecule has 0 fully saturated rings. The molecule has 1 aromatic rings. The van der Waals surface area contributed by atoms with Crippen molar-refractivity contribution in [1.29, 1.82) is 0 Å². The van der Waals surface area contributed by atoms with Crippen molar-refractivity contribution in [3.8, 4) is 0 Å². The molecule has 0 saturated carbocycles. The molecule has 94 valence electrons. The van der Waals surface area contributed by atoms with E-state index in [0.29, 0.717) is 4.90 Å². The first-order valence-corrected chi connectivity index (χ1v) is 5.77. The maximum atomic E-state index is 13.4. The van der Waals surface area contributed by atoms with Gasteiger partial charge in [0, 0.05) is 4.90 Å². The van der Waals surface area contributed by atoms with Crippen LogP contribution < -0.4 is 0 Å². The summed E-state index contributed by atoms with van der Waals surface area (Å²) in [5.74, 6) is -5.98. The topological polar surface area (TPSA) is 26.3 Å². The lowest BCUT2D eigenvalue weighted by Gasteiger charge is -2.18. The summed E-state index contributed by atoms with van der Waals surface area (Å²) >= 11 is 0.287. The third-order valence-electron chi connectivity index (χ3n) is 1.82. The van der Waals surface area contributed by atoms with Gasteiger partial charge >= 0.3 is 11.9 Å². The lowest BCUT2D eigenvalue weighted by molar-refractivity contribution is -0.175. The Morgan fingerprint density at radius 2 is 2.00 bits per heavy atom. The fourth-order valence-corrected chi connectivity index (χ4v) is 1.81. The number of hydrogen-bond donors (Lipinski definition) is 0. The van der Waals surface area contributed by atoms with Gasteiger partial charge in [0.2, 0.25) is 5.50 Å². The molecule has 2 nitrogen and oxygen atoms in total. The predicted octanol–water partition coefficient (Wildman–Crippen LogP) is 3.27. The predicted molar refractivity (Wildman–Crippen MR) is 58.8 cm³/mol. The van der Waals surface area contributed by atoms with Crippen LogP contribution in [-0.2, 0) is 9.53 Å². The molecule has 0 aliphatic heterocycles. The summed E-state index contributed by atoms with van der Waals surface area (Å²) < 4.78 is 43.9. The van der Waals surface area contributed by atoms with E-state index in [1.54, 1.807) is 18.2 Å². The largest absolute Gasteiger partial charge is 0.461 e. The number of carbonyl (C=O) groups is 1. The van der Waals surface area contributed by atoms with Gasteiger partial charge < -0.3 is 4.74 Å².